The van der Waals surface area contributed by atoms with Crippen LogP contribution in [0.4, 0.5) is 0 Å². The number of aromatic nitrogens is 3. The van der Waals surface area contributed by atoms with E-state index in [1.165, 1.54) is 0 Å². The van der Waals surface area contributed by atoms with Crippen LogP contribution in [0.5, 0.6) is 0 Å². The van der Waals surface area contributed by atoms with Crippen LogP contribution in [0.3, 0.4) is 0 Å². The van der Waals surface area contributed by atoms with Gasteiger partial charge in [-0.3, -0.25) is 4.68 Å². The van der Waals surface area contributed by atoms with E-state index in [1.54, 1.807) is 6.33 Å². The molecule has 1 rings (SSSR count). The van der Waals surface area contributed by atoms with Crippen molar-refractivity contribution in [2.75, 3.05) is 6.54 Å². The quantitative estimate of drug-likeness (QED) is 0.705. The van der Waals surface area contributed by atoms with Gasteiger partial charge in [-0.25, -0.2) is 4.98 Å². The summed E-state index contributed by atoms with van der Waals surface area (Å²) in [5.41, 5.74) is 0. The summed E-state index contributed by atoms with van der Waals surface area (Å²) >= 11 is 0. The average molecular weight is 168 g/mol. The fraction of sp³-hybridized carbons (Fsp3) is 0.750. The summed E-state index contributed by atoms with van der Waals surface area (Å²) in [6, 6.07) is 0.470. The Morgan fingerprint density at radius 1 is 1.67 bits per heavy atom. The summed E-state index contributed by atoms with van der Waals surface area (Å²) in [6.45, 7) is 5.25. The molecule has 1 heterocycles. The maximum atomic E-state index is 4.15. The van der Waals surface area contributed by atoms with Crippen molar-refractivity contribution in [2.45, 2.75) is 26.3 Å². The molecule has 4 nitrogen and oxygen atoms in total. The third-order valence-electron chi connectivity index (χ3n) is 1.85. The van der Waals surface area contributed by atoms with E-state index >= 15 is 0 Å². The normalized spacial score (nSPS) is 13.2. The Balaban J connectivity index is 2.46. The molecular formula is C8H16N4. The Hall–Kier alpha value is -0.900. The second kappa shape index (κ2) is 4.21. The zero-order valence-electron chi connectivity index (χ0n) is 7.91. The van der Waals surface area contributed by atoms with Gasteiger partial charge in [0.25, 0.3) is 0 Å². The lowest BCUT2D eigenvalue weighted by Gasteiger charge is -2.10. The van der Waals surface area contributed by atoms with Crippen LogP contribution in [0.25, 0.3) is 0 Å². The van der Waals surface area contributed by atoms with Crippen LogP contribution in [0.1, 0.15) is 19.7 Å². The molecular weight excluding hydrogens is 152 g/mol. The lowest BCUT2D eigenvalue weighted by atomic mass is 10.2. The third kappa shape index (κ3) is 2.30. The zero-order valence-corrected chi connectivity index (χ0v) is 7.91. The van der Waals surface area contributed by atoms with Crippen molar-refractivity contribution in [3.8, 4) is 0 Å². The van der Waals surface area contributed by atoms with Crippen LogP contribution >= 0.6 is 0 Å². The molecule has 0 spiro atoms. The van der Waals surface area contributed by atoms with E-state index in [4.69, 9.17) is 0 Å². The highest BCUT2D eigenvalue weighted by molar-refractivity contribution is 4.87. The first kappa shape index (κ1) is 9.19. The third-order valence-corrected chi connectivity index (χ3v) is 1.85. The highest BCUT2D eigenvalue weighted by Crippen LogP contribution is 1.96. The van der Waals surface area contributed by atoms with Crippen molar-refractivity contribution in [1.82, 2.24) is 20.1 Å². The molecule has 12 heavy (non-hydrogen) atoms. The molecule has 1 N–H and O–H groups in total. The number of hydrogen-bond donors (Lipinski definition) is 1. The Morgan fingerprint density at radius 3 is 2.92 bits per heavy atom. The molecule has 0 aromatic carbocycles. The monoisotopic (exact) mass is 168 g/mol. The van der Waals surface area contributed by atoms with Crippen molar-refractivity contribution < 1.29 is 0 Å². The number of likely N-dealkylation sites (N-methyl/N-ethyl adjacent to an activating group) is 1. The summed E-state index contributed by atoms with van der Waals surface area (Å²) in [4.78, 5) is 4.15. The lowest BCUT2D eigenvalue weighted by Crippen LogP contribution is -2.28. The standard InChI is InChI=1S/C8H16N4/c1-4-9-7(2)5-8-10-6-11-12(8)3/h6-7,9H,4-5H2,1-3H3. The van der Waals surface area contributed by atoms with Gasteiger partial charge >= 0.3 is 0 Å². The first-order valence-corrected chi connectivity index (χ1v) is 4.30. The molecule has 1 atom stereocenters. The molecule has 1 aromatic heterocycles. The van der Waals surface area contributed by atoms with Crippen LogP contribution in [0, 0.1) is 0 Å². The summed E-state index contributed by atoms with van der Waals surface area (Å²) in [6.07, 6.45) is 2.53. The lowest BCUT2D eigenvalue weighted by molar-refractivity contribution is 0.536. The van der Waals surface area contributed by atoms with Crippen molar-refractivity contribution >= 4 is 0 Å². The van der Waals surface area contributed by atoms with E-state index in [0.29, 0.717) is 6.04 Å². The summed E-state index contributed by atoms with van der Waals surface area (Å²) in [7, 11) is 1.92. The van der Waals surface area contributed by atoms with E-state index in [1.807, 2.05) is 11.7 Å². The van der Waals surface area contributed by atoms with E-state index < -0.39 is 0 Å². The molecule has 0 radical (unpaired) electrons. The summed E-state index contributed by atoms with van der Waals surface area (Å²) in [5.74, 6) is 1.03. The Kier molecular flexibility index (Phi) is 3.22. The van der Waals surface area contributed by atoms with Gasteiger partial charge in [0, 0.05) is 19.5 Å². The first-order valence-electron chi connectivity index (χ1n) is 4.30. The molecule has 1 aromatic rings. The zero-order chi connectivity index (χ0) is 8.97. The predicted octanol–water partition coefficient (Wildman–Crippen LogP) is 0.356. The number of nitrogens with zero attached hydrogens (tertiary/aromatic N) is 3. The fourth-order valence-electron chi connectivity index (χ4n) is 1.20. The Bertz CT molecular complexity index is 231. The summed E-state index contributed by atoms with van der Waals surface area (Å²) in [5, 5.41) is 7.34. The van der Waals surface area contributed by atoms with Crippen LogP contribution in [0.2, 0.25) is 0 Å². The first-order chi connectivity index (χ1) is 5.74. The number of hydrogen-bond acceptors (Lipinski definition) is 3. The molecule has 1 unspecified atom stereocenters. The molecule has 0 fully saturated rings. The topological polar surface area (TPSA) is 42.7 Å². The second-order valence-corrected chi connectivity index (χ2v) is 2.96. The van der Waals surface area contributed by atoms with Crippen LogP contribution in [-0.4, -0.2) is 27.4 Å². The molecule has 0 bridgehead atoms. The highest BCUT2D eigenvalue weighted by Gasteiger charge is 2.05. The predicted molar refractivity (Wildman–Crippen MR) is 47.8 cm³/mol. The number of rotatable bonds is 4. The Morgan fingerprint density at radius 2 is 2.42 bits per heavy atom. The number of nitrogens with one attached hydrogen (secondary N) is 1. The maximum Gasteiger partial charge on any atom is 0.138 e. The molecule has 0 aliphatic rings. The minimum absolute atomic E-state index is 0.470. The van der Waals surface area contributed by atoms with E-state index in [9.17, 15) is 0 Å². The molecule has 0 saturated carbocycles. The molecule has 0 aliphatic heterocycles. The smallest absolute Gasteiger partial charge is 0.138 e. The van der Waals surface area contributed by atoms with Crippen molar-refractivity contribution in [2.24, 2.45) is 7.05 Å². The van der Waals surface area contributed by atoms with Crippen molar-refractivity contribution in [3.63, 3.8) is 0 Å². The van der Waals surface area contributed by atoms with Gasteiger partial charge in [0.15, 0.2) is 0 Å². The van der Waals surface area contributed by atoms with Gasteiger partial charge in [-0.05, 0) is 13.5 Å². The molecule has 0 aliphatic carbocycles. The molecule has 0 amide bonds. The fourth-order valence-corrected chi connectivity index (χ4v) is 1.20. The van der Waals surface area contributed by atoms with Gasteiger partial charge in [0.1, 0.15) is 12.2 Å². The van der Waals surface area contributed by atoms with E-state index in [2.05, 4.69) is 29.2 Å². The minimum Gasteiger partial charge on any atom is -0.314 e. The number of aryl methyl sites for hydroxylation is 1. The Labute approximate surface area is 73.0 Å². The van der Waals surface area contributed by atoms with Gasteiger partial charge in [-0.15, -0.1) is 0 Å². The van der Waals surface area contributed by atoms with Gasteiger partial charge in [-0.1, -0.05) is 6.92 Å². The highest BCUT2D eigenvalue weighted by atomic mass is 15.3. The van der Waals surface area contributed by atoms with Crippen molar-refractivity contribution in [1.29, 1.82) is 0 Å². The van der Waals surface area contributed by atoms with Crippen LogP contribution < -0.4 is 5.32 Å². The van der Waals surface area contributed by atoms with E-state index in [-0.39, 0.29) is 0 Å². The molecule has 4 heteroatoms. The van der Waals surface area contributed by atoms with Crippen molar-refractivity contribution in [3.05, 3.63) is 12.2 Å². The largest absolute Gasteiger partial charge is 0.314 e. The van der Waals surface area contributed by atoms with Crippen LogP contribution in [0.15, 0.2) is 6.33 Å². The minimum atomic E-state index is 0.470. The average Bonchev–Trinajstić information content (AvgIpc) is 2.37. The summed E-state index contributed by atoms with van der Waals surface area (Å²) < 4.78 is 1.81. The van der Waals surface area contributed by atoms with Gasteiger partial charge in [0.05, 0.1) is 0 Å². The SMILES string of the molecule is CCNC(C)Cc1ncnn1C. The van der Waals surface area contributed by atoms with Gasteiger partial charge in [-0.2, -0.15) is 5.10 Å². The second-order valence-electron chi connectivity index (χ2n) is 2.96. The maximum absolute atomic E-state index is 4.15. The molecule has 0 saturated heterocycles. The van der Waals surface area contributed by atoms with E-state index in [0.717, 1.165) is 18.8 Å². The van der Waals surface area contributed by atoms with Crippen LogP contribution in [-0.2, 0) is 13.5 Å². The van der Waals surface area contributed by atoms with Gasteiger partial charge in [0.2, 0.25) is 0 Å². The molecule has 68 valence electrons. The van der Waals surface area contributed by atoms with Gasteiger partial charge < -0.3 is 5.32 Å².